The number of pyridine rings is 1. The quantitative estimate of drug-likeness (QED) is 0.827. The molecule has 1 atom stereocenters. The molecule has 130 valence electrons. The molecule has 2 aliphatic heterocycles. The van der Waals surface area contributed by atoms with E-state index in [0.717, 1.165) is 18.9 Å². The fourth-order valence-electron chi connectivity index (χ4n) is 3.36. The molecule has 0 radical (unpaired) electrons. The molecule has 0 aromatic carbocycles. The average molecular weight is 357 g/mol. The number of amides is 2. The van der Waals surface area contributed by atoms with E-state index in [1.807, 2.05) is 28.5 Å². The van der Waals surface area contributed by atoms with Gasteiger partial charge in [0.2, 0.25) is 11.8 Å². The van der Waals surface area contributed by atoms with Crippen molar-refractivity contribution in [3.05, 3.63) is 36.0 Å². The standard InChI is InChI=1S/C17H19N5O2S/c23-15-11-13(12-22(15)17-19-5-10-25-17)16(24)21-8-6-20(7-9-21)14-3-1-2-4-18-14/h1-5,10,13H,6-9,11-12H2. The van der Waals surface area contributed by atoms with Crippen LogP contribution in [0.4, 0.5) is 10.9 Å². The summed E-state index contributed by atoms with van der Waals surface area (Å²) in [6.07, 6.45) is 3.74. The molecule has 0 N–H and O–H groups in total. The largest absolute Gasteiger partial charge is 0.353 e. The molecule has 2 aromatic rings. The second-order valence-corrected chi connectivity index (χ2v) is 7.09. The van der Waals surface area contributed by atoms with Crippen LogP contribution in [0.5, 0.6) is 0 Å². The van der Waals surface area contributed by atoms with Gasteiger partial charge in [-0.2, -0.15) is 0 Å². The smallest absolute Gasteiger partial charge is 0.229 e. The van der Waals surface area contributed by atoms with Crippen LogP contribution in [-0.4, -0.2) is 59.4 Å². The summed E-state index contributed by atoms with van der Waals surface area (Å²) in [5.74, 6) is 0.742. The van der Waals surface area contributed by atoms with Gasteiger partial charge in [0.05, 0.1) is 5.92 Å². The predicted octanol–water partition coefficient (Wildman–Crippen LogP) is 1.24. The number of carbonyl (C=O) groups excluding carboxylic acids is 2. The molecule has 7 nitrogen and oxygen atoms in total. The van der Waals surface area contributed by atoms with Crippen molar-refractivity contribution in [2.75, 3.05) is 42.5 Å². The molecule has 2 saturated heterocycles. The number of thiazole rings is 1. The van der Waals surface area contributed by atoms with Crippen molar-refractivity contribution < 1.29 is 9.59 Å². The Balaban J connectivity index is 1.36. The summed E-state index contributed by atoms with van der Waals surface area (Å²) in [4.78, 5) is 39.3. The van der Waals surface area contributed by atoms with Crippen LogP contribution in [0.15, 0.2) is 36.0 Å². The fraction of sp³-hybridized carbons (Fsp3) is 0.412. The second kappa shape index (κ2) is 6.79. The summed E-state index contributed by atoms with van der Waals surface area (Å²) in [6.45, 7) is 3.29. The monoisotopic (exact) mass is 357 g/mol. The van der Waals surface area contributed by atoms with Crippen LogP contribution < -0.4 is 9.80 Å². The van der Waals surface area contributed by atoms with Crippen molar-refractivity contribution in [3.8, 4) is 0 Å². The van der Waals surface area contributed by atoms with E-state index in [-0.39, 0.29) is 24.2 Å². The fourth-order valence-corrected chi connectivity index (χ4v) is 4.03. The molecule has 8 heteroatoms. The van der Waals surface area contributed by atoms with Gasteiger partial charge in [0.15, 0.2) is 5.13 Å². The zero-order valence-corrected chi connectivity index (χ0v) is 14.6. The number of nitrogens with zero attached hydrogens (tertiary/aromatic N) is 5. The highest BCUT2D eigenvalue weighted by molar-refractivity contribution is 7.13. The van der Waals surface area contributed by atoms with E-state index >= 15 is 0 Å². The Morgan fingerprint density at radius 3 is 2.64 bits per heavy atom. The molecule has 1 unspecified atom stereocenters. The van der Waals surface area contributed by atoms with E-state index in [4.69, 9.17) is 0 Å². The molecular formula is C17H19N5O2S. The van der Waals surface area contributed by atoms with E-state index < -0.39 is 0 Å². The van der Waals surface area contributed by atoms with Crippen LogP contribution in [0.25, 0.3) is 0 Å². The topological polar surface area (TPSA) is 69.6 Å². The summed E-state index contributed by atoms with van der Waals surface area (Å²) < 4.78 is 0. The third kappa shape index (κ3) is 3.21. The highest BCUT2D eigenvalue weighted by Crippen LogP contribution is 2.28. The summed E-state index contributed by atoms with van der Waals surface area (Å²) >= 11 is 1.43. The molecule has 2 amide bonds. The lowest BCUT2D eigenvalue weighted by molar-refractivity contribution is -0.136. The van der Waals surface area contributed by atoms with E-state index in [0.29, 0.717) is 24.8 Å². The Morgan fingerprint density at radius 2 is 1.96 bits per heavy atom. The van der Waals surface area contributed by atoms with Crippen LogP contribution in [0, 0.1) is 5.92 Å². The Morgan fingerprint density at radius 1 is 1.12 bits per heavy atom. The number of rotatable bonds is 3. The first-order chi connectivity index (χ1) is 12.2. The van der Waals surface area contributed by atoms with Crippen molar-refractivity contribution in [3.63, 3.8) is 0 Å². The van der Waals surface area contributed by atoms with Crippen LogP contribution in [0.2, 0.25) is 0 Å². The summed E-state index contributed by atoms with van der Waals surface area (Å²) in [7, 11) is 0. The van der Waals surface area contributed by atoms with Gasteiger partial charge in [-0.05, 0) is 12.1 Å². The van der Waals surface area contributed by atoms with Crippen molar-refractivity contribution in [2.45, 2.75) is 6.42 Å². The maximum absolute atomic E-state index is 12.8. The maximum atomic E-state index is 12.8. The lowest BCUT2D eigenvalue weighted by atomic mass is 10.1. The minimum Gasteiger partial charge on any atom is -0.353 e. The van der Waals surface area contributed by atoms with Crippen molar-refractivity contribution in [1.29, 1.82) is 0 Å². The maximum Gasteiger partial charge on any atom is 0.229 e. The first-order valence-electron chi connectivity index (χ1n) is 8.37. The number of hydrogen-bond acceptors (Lipinski definition) is 6. The highest BCUT2D eigenvalue weighted by Gasteiger charge is 2.38. The number of carbonyl (C=O) groups is 2. The van der Waals surface area contributed by atoms with Crippen LogP contribution >= 0.6 is 11.3 Å². The Hall–Kier alpha value is -2.48. The first kappa shape index (κ1) is 16.0. The lowest BCUT2D eigenvalue weighted by Crippen LogP contribution is -2.51. The Kier molecular flexibility index (Phi) is 4.35. The summed E-state index contributed by atoms with van der Waals surface area (Å²) in [5, 5.41) is 2.52. The SMILES string of the molecule is O=C(C1CC(=O)N(c2nccs2)C1)N1CCN(c2ccccn2)CC1. The summed E-state index contributed by atoms with van der Waals surface area (Å²) in [5.41, 5.74) is 0. The van der Waals surface area contributed by atoms with Gasteiger partial charge in [0.25, 0.3) is 0 Å². The molecule has 4 rings (SSSR count). The zero-order chi connectivity index (χ0) is 17.2. The highest BCUT2D eigenvalue weighted by atomic mass is 32.1. The van der Waals surface area contributed by atoms with Gasteiger partial charge in [-0.15, -0.1) is 11.3 Å². The van der Waals surface area contributed by atoms with Gasteiger partial charge in [0.1, 0.15) is 5.82 Å². The summed E-state index contributed by atoms with van der Waals surface area (Å²) in [6, 6.07) is 5.85. The molecule has 25 heavy (non-hydrogen) atoms. The molecule has 2 aromatic heterocycles. The molecule has 0 aliphatic carbocycles. The number of hydrogen-bond donors (Lipinski definition) is 0. The Bertz CT molecular complexity index is 744. The Labute approximate surface area is 149 Å². The predicted molar refractivity (Wildman–Crippen MR) is 95.6 cm³/mol. The molecule has 0 bridgehead atoms. The third-order valence-corrected chi connectivity index (χ3v) is 5.48. The number of piperazine rings is 1. The third-order valence-electron chi connectivity index (χ3n) is 4.69. The van der Waals surface area contributed by atoms with Crippen LogP contribution in [0.1, 0.15) is 6.42 Å². The molecule has 2 fully saturated rings. The molecule has 4 heterocycles. The molecule has 0 spiro atoms. The van der Waals surface area contributed by atoms with E-state index in [1.54, 1.807) is 17.3 Å². The molecule has 0 saturated carbocycles. The lowest BCUT2D eigenvalue weighted by Gasteiger charge is -2.36. The number of aromatic nitrogens is 2. The van der Waals surface area contributed by atoms with Crippen LogP contribution in [0.3, 0.4) is 0 Å². The minimum absolute atomic E-state index is 0.0135. The van der Waals surface area contributed by atoms with E-state index in [1.165, 1.54) is 11.3 Å². The normalized spacial score (nSPS) is 21.0. The van der Waals surface area contributed by atoms with Gasteiger partial charge in [0, 0.05) is 56.9 Å². The average Bonchev–Trinajstić information content (AvgIpc) is 3.31. The zero-order valence-electron chi connectivity index (χ0n) is 13.7. The van der Waals surface area contributed by atoms with E-state index in [2.05, 4.69) is 14.9 Å². The van der Waals surface area contributed by atoms with Crippen molar-refractivity contribution >= 4 is 34.1 Å². The first-order valence-corrected chi connectivity index (χ1v) is 9.25. The minimum atomic E-state index is -0.266. The van der Waals surface area contributed by atoms with Crippen molar-refractivity contribution in [1.82, 2.24) is 14.9 Å². The number of anilines is 2. The van der Waals surface area contributed by atoms with Crippen molar-refractivity contribution in [2.24, 2.45) is 5.92 Å². The van der Waals surface area contributed by atoms with Gasteiger partial charge in [-0.25, -0.2) is 9.97 Å². The molecular weight excluding hydrogens is 338 g/mol. The second-order valence-electron chi connectivity index (χ2n) is 6.22. The molecule has 2 aliphatic rings. The van der Waals surface area contributed by atoms with E-state index in [9.17, 15) is 9.59 Å². The van der Waals surface area contributed by atoms with Crippen LogP contribution in [-0.2, 0) is 9.59 Å². The van der Waals surface area contributed by atoms with Gasteiger partial charge < -0.3 is 9.80 Å². The van der Waals surface area contributed by atoms with Gasteiger partial charge in [-0.1, -0.05) is 6.07 Å². The van der Waals surface area contributed by atoms with Gasteiger partial charge in [-0.3, -0.25) is 14.5 Å². The van der Waals surface area contributed by atoms with Gasteiger partial charge >= 0.3 is 0 Å².